The molecule has 0 aromatic heterocycles. The van der Waals surface area contributed by atoms with Crippen molar-refractivity contribution in [3.63, 3.8) is 0 Å². The summed E-state index contributed by atoms with van der Waals surface area (Å²) in [4.78, 5) is 26.2. The maximum absolute atomic E-state index is 13.7. The Morgan fingerprint density at radius 1 is 0.617 bits per heavy atom. The van der Waals surface area contributed by atoms with Gasteiger partial charge in [-0.25, -0.2) is 13.1 Å². The molecule has 0 unspecified atom stereocenters. The van der Waals surface area contributed by atoms with Crippen molar-refractivity contribution in [3.8, 4) is 0 Å². The van der Waals surface area contributed by atoms with Crippen molar-refractivity contribution in [2.75, 3.05) is 71.7 Å². The summed E-state index contributed by atoms with van der Waals surface area (Å²) in [5.74, 6) is -0.123. The lowest BCUT2D eigenvalue weighted by Gasteiger charge is -2.39. The van der Waals surface area contributed by atoms with Crippen LogP contribution in [0.2, 0.25) is 0 Å². The molecule has 11 nitrogen and oxygen atoms in total. The smallest absolute Gasteiger partial charge is 0.212 e. The largest absolute Gasteiger partial charge is 0.379 e. The number of nitrogens with one attached hydrogen (secondary N) is 3. The molecule has 0 aromatic carbocycles. The highest BCUT2D eigenvalue weighted by Gasteiger charge is 2.43. The minimum atomic E-state index is -3.58. The second-order valence-electron chi connectivity index (χ2n) is 17.0. The van der Waals surface area contributed by atoms with Gasteiger partial charge in [0.1, 0.15) is 6.61 Å². The number of rotatable bonds is 27. The first-order valence-electron chi connectivity index (χ1n) is 17.1. The molecule has 0 saturated heterocycles. The summed E-state index contributed by atoms with van der Waals surface area (Å²) in [6, 6.07) is 0. The molecule has 0 atom stereocenters. The van der Waals surface area contributed by atoms with Gasteiger partial charge in [-0.1, -0.05) is 48.5 Å². The molecule has 280 valence electrons. The van der Waals surface area contributed by atoms with Crippen LogP contribution >= 0.6 is 0 Å². The number of hydrogen-bond donors (Lipinski definition) is 3. The van der Waals surface area contributed by atoms with Crippen molar-refractivity contribution in [2.45, 2.75) is 126 Å². The molecule has 0 radical (unpaired) electrons. The summed E-state index contributed by atoms with van der Waals surface area (Å²) in [6.45, 7) is 31.1. The quantitative estimate of drug-likeness (QED) is 0.105. The van der Waals surface area contributed by atoms with E-state index < -0.39 is 37.5 Å². The molecule has 3 N–H and O–H groups in total. The zero-order chi connectivity index (χ0) is 36.8. The number of sulfonamides is 1. The van der Waals surface area contributed by atoms with Gasteiger partial charge in [0.15, 0.2) is 11.6 Å². The van der Waals surface area contributed by atoms with Crippen molar-refractivity contribution in [1.82, 2.24) is 15.4 Å². The van der Waals surface area contributed by atoms with Crippen LogP contribution in [-0.4, -0.2) is 108 Å². The lowest BCUT2D eigenvalue weighted by atomic mass is 9.69. The third-order valence-electron chi connectivity index (χ3n) is 7.59. The molecule has 0 aliphatic carbocycles. The Kier molecular flexibility index (Phi) is 19.0. The minimum absolute atomic E-state index is 0.00614. The average Bonchev–Trinajstić information content (AvgIpc) is 2.85. The van der Waals surface area contributed by atoms with Gasteiger partial charge in [0, 0.05) is 30.7 Å². The Hall–Kier alpha value is -0.990. The van der Waals surface area contributed by atoms with Gasteiger partial charge < -0.3 is 29.6 Å². The van der Waals surface area contributed by atoms with E-state index in [1.165, 1.54) is 0 Å². The van der Waals surface area contributed by atoms with Gasteiger partial charge in [0.25, 0.3) is 0 Å². The summed E-state index contributed by atoms with van der Waals surface area (Å²) >= 11 is 0. The van der Waals surface area contributed by atoms with Crippen LogP contribution in [0.25, 0.3) is 0 Å². The minimum Gasteiger partial charge on any atom is -0.379 e. The molecule has 0 rings (SSSR count). The summed E-state index contributed by atoms with van der Waals surface area (Å²) in [5, 5.41) is 6.49. The number of hydrogen-bond acceptors (Lipinski definition) is 10. The highest BCUT2D eigenvalue weighted by Crippen LogP contribution is 2.38. The van der Waals surface area contributed by atoms with Gasteiger partial charge in [-0.2, -0.15) is 0 Å². The first kappa shape index (κ1) is 46.0. The standard InChI is InChI=1S/C35H71N3O8S/c1-15-43-20-21-44-18-16-36-34(11,12)28(39)24-46-23-22-45-19-17-37-35(13,14)29(40)32(7,8)26-31(5,6)27-47(41,42)38-33(9,10)25-30(2,3)4/h36-38H,15-27H2,1-14H3. The number of ketones is 2. The van der Waals surface area contributed by atoms with E-state index in [1.54, 1.807) is 0 Å². The van der Waals surface area contributed by atoms with Crippen LogP contribution in [0.3, 0.4) is 0 Å². The third kappa shape index (κ3) is 21.0. The molecule has 0 heterocycles. The molecule has 47 heavy (non-hydrogen) atoms. The topological polar surface area (TPSA) is 141 Å². The van der Waals surface area contributed by atoms with Gasteiger partial charge >= 0.3 is 0 Å². The van der Waals surface area contributed by atoms with Crippen LogP contribution in [0, 0.1) is 16.2 Å². The van der Waals surface area contributed by atoms with E-state index in [-0.39, 0.29) is 35.9 Å². The van der Waals surface area contributed by atoms with E-state index in [1.807, 2.05) is 76.2 Å². The van der Waals surface area contributed by atoms with Crippen LogP contribution in [0.1, 0.15) is 110 Å². The molecule has 0 spiro atoms. The van der Waals surface area contributed by atoms with E-state index in [9.17, 15) is 18.0 Å². The van der Waals surface area contributed by atoms with Crippen LogP contribution in [0.5, 0.6) is 0 Å². The molecule has 0 saturated carbocycles. The predicted molar refractivity (Wildman–Crippen MR) is 190 cm³/mol. The van der Waals surface area contributed by atoms with Gasteiger partial charge in [-0.3, -0.25) is 9.59 Å². The maximum Gasteiger partial charge on any atom is 0.212 e. The zero-order valence-electron chi connectivity index (χ0n) is 32.4. The maximum atomic E-state index is 13.7. The van der Waals surface area contributed by atoms with Crippen molar-refractivity contribution in [3.05, 3.63) is 0 Å². The first-order valence-corrected chi connectivity index (χ1v) is 18.7. The Labute approximate surface area is 287 Å². The molecular formula is C35H71N3O8S. The second kappa shape index (κ2) is 19.4. The Balaban J connectivity index is 4.60. The molecule has 0 aliphatic rings. The second-order valence-corrected chi connectivity index (χ2v) is 18.8. The summed E-state index contributed by atoms with van der Waals surface area (Å²) < 4.78 is 51.1. The van der Waals surface area contributed by atoms with Gasteiger partial charge in [0.05, 0.1) is 56.5 Å². The molecule has 12 heteroatoms. The van der Waals surface area contributed by atoms with Gasteiger partial charge in [-0.15, -0.1) is 0 Å². The Bertz CT molecular complexity index is 1050. The highest BCUT2D eigenvalue weighted by atomic mass is 32.2. The van der Waals surface area contributed by atoms with Crippen molar-refractivity contribution in [2.24, 2.45) is 16.2 Å². The normalized spacial score (nSPS) is 14.1. The fourth-order valence-corrected chi connectivity index (χ4v) is 8.60. The van der Waals surface area contributed by atoms with E-state index in [2.05, 4.69) is 36.1 Å². The number of carbonyl (C=O) groups is 2. The number of Topliss-reactive ketones (excluding diaryl/α,β-unsaturated/α-hetero) is 2. The van der Waals surface area contributed by atoms with Crippen molar-refractivity contribution in [1.29, 1.82) is 0 Å². The van der Waals surface area contributed by atoms with Crippen LogP contribution in [-0.2, 0) is 38.6 Å². The van der Waals surface area contributed by atoms with Gasteiger partial charge in [-0.05, 0) is 72.1 Å². The molecule has 0 amide bonds. The van der Waals surface area contributed by atoms with Crippen LogP contribution in [0.15, 0.2) is 0 Å². The SMILES string of the molecule is CCOCCOCCNC(C)(C)C(=O)COCCOCCNC(C)(C)C(=O)C(C)(C)CC(C)(C)CS(=O)(=O)NC(C)(C)CC(C)(C)C. The first-order chi connectivity index (χ1) is 21.2. The number of ether oxygens (including phenoxy) is 4. The summed E-state index contributed by atoms with van der Waals surface area (Å²) in [6.07, 6.45) is 1.11. The van der Waals surface area contributed by atoms with Crippen LogP contribution in [0.4, 0.5) is 0 Å². The fraction of sp³-hybridized carbons (Fsp3) is 0.943. The summed E-state index contributed by atoms with van der Waals surface area (Å²) in [5.41, 5.74) is -3.58. The summed E-state index contributed by atoms with van der Waals surface area (Å²) in [7, 11) is -3.58. The molecule has 0 aliphatic heterocycles. The Morgan fingerprint density at radius 3 is 1.57 bits per heavy atom. The monoisotopic (exact) mass is 693 g/mol. The molecule has 0 aromatic rings. The van der Waals surface area contributed by atoms with E-state index in [4.69, 9.17) is 18.9 Å². The fourth-order valence-electron chi connectivity index (χ4n) is 6.49. The molecule has 0 bridgehead atoms. The average molecular weight is 694 g/mol. The lowest BCUT2D eigenvalue weighted by molar-refractivity contribution is -0.134. The predicted octanol–water partition coefficient (Wildman–Crippen LogP) is 4.52. The Morgan fingerprint density at radius 2 is 1.09 bits per heavy atom. The van der Waals surface area contributed by atoms with Crippen molar-refractivity contribution >= 4 is 21.6 Å². The zero-order valence-corrected chi connectivity index (χ0v) is 33.2. The molecule has 0 fully saturated rings. The third-order valence-corrected chi connectivity index (χ3v) is 9.62. The van der Waals surface area contributed by atoms with Crippen LogP contribution < -0.4 is 15.4 Å². The van der Waals surface area contributed by atoms with E-state index in [0.29, 0.717) is 65.6 Å². The highest BCUT2D eigenvalue weighted by molar-refractivity contribution is 7.89. The van der Waals surface area contributed by atoms with E-state index >= 15 is 0 Å². The van der Waals surface area contributed by atoms with Gasteiger partial charge in [0.2, 0.25) is 10.0 Å². The van der Waals surface area contributed by atoms with E-state index in [0.717, 1.165) is 0 Å². The van der Waals surface area contributed by atoms with Crippen molar-refractivity contribution < 1.29 is 37.0 Å². The molecular weight excluding hydrogens is 622 g/mol. The number of carbonyl (C=O) groups excluding carboxylic acids is 2. The lowest BCUT2D eigenvalue weighted by Crippen LogP contribution is -2.54.